The van der Waals surface area contributed by atoms with Crippen molar-refractivity contribution in [1.82, 2.24) is 9.88 Å². The minimum atomic E-state index is 0.774. The van der Waals surface area contributed by atoms with Crippen LogP contribution in [0.1, 0.15) is 12.5 Å². The molecule has 0 radical (unpaired) electrons. The summed E-state index contributed by atoms with van der Waals surface area (Å²) in [5, 5.41) is 4.82. The molecule has 0 saturated carbocycles. The Morgan fingerprint density at radius 2 is 2.10 bits per heavy atom. The van der Waals surface area contributed by atoms with E-state index in [2.05, 4.69) is 47.3 Å². The molecule has 0 unspecified atom stereocenters. The molecule has 0 amide bonds. The van der Waals surface area contributed by atoms with Gasteiger partial charge in [-0.15, -0.1) is 0 Å². The third kappa shape index (κ3) is 4.77. The second kappa shape index (κ2) is 9.13. The van der Waals surface area contributed by atoms with Crippen molar-refractivity contribution in [2.45, 2.75) is 19.9 Å². The first-order valence-electron chi connectivity index (χ1n) is 7.71. The van der Waals surface area contributed by atoms with E-state index in [0.29, 0.717) is 0 Å². The van der Waals surface area contributed by atoms with Crippen molar-refractivity contribution in [3.8, 4) is 0 Å². The van der Waals surface area contributed by atoms with Gasteiger partial charge in [-0.3, -0.25) is 0 Å². The third-order valence-electron chi connectivity index (χ3n) is 3.61. The highest BCUT2D eigenvalue weighted by Gasteiger charge is 2.07. The quantitative estimate of drug-likeness (QED) is 0.683. The molecule has 116 valence electrons. The molecule has 2 aromatic rings. The molecular weight excluding hydrogens is 280 g/mol. The van der Waals surface area contributed by atoms with Crippen LogP contribution in [0, 0.1) is 0 Å². The average Bonchev–Trinajstić information content (AvgIpc) is 2.86. The van der Waals surface area contributed by atoms with E-state index in [0.717, 1.165) is 32.7 Å². The van der Waals surface area contributed by atoms with Crippen LogP contribution < -0.4 is 5.32 Å². The topological polar surface area (TPSA) is 26.2 Å². The number of hydrogen-bond acceptors (Lipinski definition) is 3. The minimum absolute atomic E-state index is 0.774. The Kier molecular flexibility index (Phi) is 7.13. The molecule has 0 aliphatic heterocycles. The molecule has 0 atom stereocenters. The van der Waals surface area contributed by atoms with Crippen LogP contribution in [0.5, 0.6) is 0 Å². The molecule has 1 aromatic heterocycles. The number of methoxy groups -OCH3 is 1. The van der Waals surface area contributed by atoms with Crippen LogP contribution in [0.4, 0.5) is 0 Å². The van der Waals surface area contributed by atoms with Gasteiger partial charge in [0.15, 0.2) is 0 Å². The molecule has 21 heavy (non-hydrogen) atoms. The van der Waals surface area contributed by atoms with Gasteiger partial charge in [0.1, 0.15) is 0 Å². The number of nitrogens with one attached hydrogen (secondary N) is 1. The van der Waals surface area contributed by atoms with E-state index >= 15 is 0 Å². The van der Waals surface area contributed by atoms with Crippen molar-refractivity contribution >= 4 is 22.7 Å². The number of benzene rings is 1. The fraction of sp³-hybridized carbons (Fsp3) is 0.529. The van der Waals surface area contributed by atoms with E-state index in [-0.39, 0.29) is 0 Å². The number of aryl methyl sites for hydroxylation is 1. The number of hydrogen-bond donors (Lipinski definition) is 1. The predicted octanol–water partition coefficient (Wildman–Crippen LogP) is 3.17. The summed E-state index contributed by atoms with van der Waals surface area (Å²) >= 11 is 2.00. The van der Waals surface area contributed by atoms with Crippen molar-refractivity contribution in [3.63, 3.8) is 0 Å². The lowest BCUT2D eigenvalue weighted by Crippen LogP contribution is -2.21. The fourth-order valence-electron chi connectivity index (χ4n) is 2.54. The van der Waals surface area contributed by atoms with Gasteiger partial charge in [-0.2, -0.15) is 11.8 Å². The average molecular weight is 306 g/mol. The van der Waals surface area contributed by atoms with Crippen molar-refractivity contribution in [2.24, 2.45) is 0 Å². The summed E-state index contributed by atoms with van der Waals surface area (Å²) in [5.74, 6) is 2.37. The minimum Gasteiger partial charge on any atom is -0.383 e. The predicted molar refractivity (Wildman–Crippen MR) is 93.4 cm³/mol. The smallest absolute Gasteiger partial charge is 0.0587 e. The molecule has 0 aliphatic carbocycles. The van der Waals surface area contributed by atoms with Gasteiger partial charge in [-0.25, -0.2) is 0 Å². The van der Waals surface area contributed by atoms with Gasteiger partial charge < -0.3 is 14.6 Å². The number of nitrogens with zero attached hydrogens (tertiary/aromatic N) is 1. The lowest BCUT2D eigenvalue weighted by molar-refractivity contribution is 0.199. The van der Waals surface area contributed by atoms with E-state index in [1.54, 1.807) is 7.11 Å². The lowest BCUT2D eigenvalue weighted by Gasteiger charge is -2.04. The zero-order chi connectivity index (χ0) is 14.9. The molecule has 0 aliphatic rings. The summed E-state index contributed by atoms with van der Waals surface area (Å²) in [6.07, 6.45) is 3.40. The van der Waals surface area contributed by atoms with Crippen molar-refractivity contribution in [2.75, 3.05) is 38.3 Å². The molecule has 4 heteroatoms. The van der Waals surface area contributed by atoms with Gasteiger partial charge in [0.25, 0.3) is 0 Å². The van der Waals surface area contributed by atoms with Gasteiger partial charge in [-0.1, -0.05) is 25.1 Å². The van der Waals surface area contributed by atoms with Crippen LogP contribution in [0.2, 0.25) is 0 Å². The Morgan fingerprint density at radius 3 is 2.90 bits per heavy atom. The van der Waals surface area contributed by atoms with E-state index in [1.165, 1.54) is 28.0 Å². The largest absolute Gasteiger partial charge is 0.383 e. The highest BCUT2D eigenvalue weighted by atomic mass is 32.2. The SMILES string of the molecule is CCSCCn1cc(CCNCCOC)c2ccccc21. The first-order chi connectivity index (χ1) is 10.4. The van der Waals surface area contributed by atoms with Gasteiger partial charge in [0, 0.05) is 43.1 Å². The number of rotatable bonds is 10. The first-order valence-corrected chi connectivity index (χ1v) is 8.86. The van der Waals surface area contributed by atoms with Crippen LogP contribution in [0.15, 0.2) is 30.5 Å². The number of fused-ring (bicyclic) bond motifs is 1. The number of thioether (sulfide) groups is 1. The van der Waals surface area contributed by atoms with E-state index in [1.807, 2.05) is 11.8 Å². The summed E-state index contributed by atoms with van der Waals surface area (Å²) in [7, 11) is 1.74. The van der Waals surface area contributed by atoms with Crippen LogP contribution in [0.25, 0.3) is 10.9 Å². The molecule has 2 rings (SSSR count). The van der Waals surface area contributed by atoms with Crippen LogP contribution >= 0.6 is 11.8 Å². The zero-order valence-electron chi connectivity index (χ0n) is 13.1. The summed E-state index contributed by atoms with van der Waals surface area (Å²) in [5.41, 5.74) is 2.80. The highest BCUT2D eigenvalue weighted by Crippen LogP contribution is 2.22. The Bertz CT molecular complexity index is 539. The Balaban J connectivity index is 2.01. The second-order valence-electron chi connectivity index (χ2n) is 5.05. The molecule has 3 nitrogen and oxygen atoms in total. The third-order valence-corrected chi connectivity index (χ3v) is 4.49. The normalized spacial score (nSPS) is 11.3. The maximum Gasteiger partial charge on any atom is 0.0587 e. The van der Waals surface area contributed by atoms with Crippen molar-refractivity contribution in [3.05, 3.63) is 36.0 Å². The van der Waals surface area contributed by atoms with E-state index in [4.69, 9.17) is 4.74 Å². The standard InChI is InChI=1S/C17H26N2OS/c1-3-21-13-11-19-14-15(8-9-18-10-12-20-2)16-6-4-5-7-17(16)19/h4-7,14,18H,3,8-13H2,1-2H3. The van der Waals surface area contributed by atoms with Gasteiger partial charge in [0.05, 0.1) is 6.61 Å². The molecule has 0 bridgehead atoms. The maximum atomic E-state index is 5.05. The summed E-state index contributed by atoms with van der Waals surface area (Å²) in [6, 6.07) is 8.73. The monoisotopic (exact) mass is 306 g/mol. The molecule has 1 aromatic carbocycles. The Morgan fingerprint density at radius 1 is 1.24 bits per heavy atom. The molecule has 1 heterocycles. The summed E-state index contributed by atoms with van der Waals surface area (Å²) in [6.45, 7) is 6.00. The van der Waals surface area contributed by atoms with Crippen molar-refractivity contribution in [1.29, 1.82) is 0 Å². The highest BCUT2D eigenvalue weighted by molar-refractivity contribution is 7.99. The Labute approximate surface area is 132 Å². The summed E-state index contributed by atoms with van der Waals surface area (Å²) < 4.78 is 7.46. The number of ether oxygens (including phenoxy) is 1. The fourth-order valence-corrected chi connectivity index (χ4v) is 3.15. The van der Waals surface area contributed by atoms with Crippen LogP contribution in [-0.2, 0) is 17.7 Å². The second-order valence-corrected chi connectivity index (χ2v) is 6.45. The maximum absolute atomic E-state index is 5.05. The van der Waals surface area contributed by atoms with Gasteiger partial charge in [0.2, 0.25) is 0 Å². The van der Waals surface area contributed by atoms with Gasteiger partial charge in [-0.05, 0) is 30.3 Å². The first kappa shape index (κ1) is 16.4. The van der Waals surface area contributed by atoms with E-state index < -0.39 is 0 Å². The zero-order valence-corrected chi connectivity index (χ0v) is 13.9. The molecule has 1 N–H and O–H groups in total. The molecule has 0 spiro atoms. The summed E-state index contributed by atoms with van der Waals surface area (Å²) in [4.78, 5) is 0. The van der Waals surface area contributed by atoms with Gasteiger partial charge >= 0.3 is 0 Å². The molecule has 0 fully saturated rings. The number of aromatic nitrogens is 1. The van der Waals surface area contributed by atoms with Crippen molar-refractivity contribution < 1.29 is 4.74 Å². The Hall–Kier alpha value is -0.970. The van der Waals surface area contributed by atoms with E-state index in [9.17, 15) is 0 Å². The number of para-hydroxylation sites is 1. The lowest BCUT2D eigenvalue weighted by atomic mass is 10.1. The molecular formula is C17H26N2OS. The molecule has 0 saturated heterocycles. The van der Waals surface area contributed by atoms with Crippen LogP contribution in [0.3, 0.4) is 0 Å². The van der Waals surface area contributed by atoms with Crippen LogP contribution in [-0.4, -0.2) is 42.9 Å².